The van der Waals surface area contributed by atoms with E-state index in [0.717, 1.165) is 18.4 Å². The van der Waals surface area contributed by atoms with Gasteiger partial charge < -0.3 is 9.64 Å². The van der Waals surface area contributed by atoms with E-state index in [4.69, 9.17) is 4.74 Å². The van der Waals surface area contributed by atoms with Gasteiger partial charge >= 0.3 is 5.97 Å². The molecule has 3 aromatic carbocycles. The van der Waals surface area contributed by atoms with Crippen LogP contribution in [0.3, 0.4) is 0 Å². The highest BCUT2D eigenvalue weighted by molar-refractivity contribution is 5.96. The summed E-state index contributed by atoms with van der Waals surface area (Å²) < 4.78 is 5.18. The Kier molecular flexibility index (Phi) is 7.13. The van der Waals surface area contributed by atoms with E-state index in [0.29, 0.717) is 18.7 Å². The highest BCUT2D eigenvalue weighted by atomic mass is 16.5. The van der Waals surface area contributed by atoms with Gasteiger partial charge in [-0.05, 0) is 29.5 Å². The first-order valence-corrected chi connectivity index (χ1v) is 11.1. The van der Waals surface area contributed by atoms with Crippen molar-refractivity contribution < 1.29 is 14.3 Å². The molecular formula is C28H27NO3. The van der Waals surface area contributed by atoms with E-state index in [1.165, 1.54) is 17.2 Å². The van der Waals surface area contributed by atoms with Crippen molar-refractivity contribution in [1.29, 1.82) is 0 Å². The van der Waals surface area contributed by atoms with Crippen molar-refractivity contribution in [2.45, 2.75) is 25.2 Å². The first-order chi connectivity index (χ1) is 15.7. The van der Waals surface area contributed by atoms with Crippen LogP contribution in [-0.4, -0.2) is 29.9 Å². The number of esters is 1. The molecule has 4 nitrogen and oxygen atoms in total. The molecule has 0 aromatic heterocycles. The average Bonchev–Trinajstić information content (AvgIpc) is 3.05. The van der Waals surface area contributed by atoms with E-state index in [-0.39, 0.29) is 18.4 Å². The molecule has 0 radical (unpaired) electrons. The highest BCUT2D eigenvalue weighted by Gasteiger charge is 2.24. The number of hydrogen-bond acceptors (Lipinski definition) is 3. The lowest BCUT2D eigenvalue weighted by Crippen LogP contribution is -2.31. The summed E-state index contributed by atoms with van der Waals surface area (Å²) in [6.45, 7) is 0.570. The molecule has 4 rings (SSSR count). The Morgan fingerprint density at radius 3 is 2.00 bits per heavy atom. The van der Waals surface area contributed by atoms with Gasteiger partial charge in [0.1, 0.15) is 6.61 Å². The zero-order valence-electron chi connectivity index (χ0n) is 18.0. The minimum Gasteiger partial charge on any atom is -0.461 e. The molecule has 3 aromatic rings. The number of hydrogen-bond donors (Lipinski definition) is 0. The third kappa shape index (κ3) is 5.33. The molecule has 0 saturated carbocycles. The summed E-state index contributed by atoms with van der Waals surface area (Å²) in [6.07, 6.45) is 3.46. The summed E-state index contributed by atoms with van der Waals surface area (Å²) in [5.41, 5.74) is 3.96. The third-order valence-corrected chi connectivity index (χ3v) is 5.76. The molecule has 0 atom stereocenters. The quantitative estimate of drug-likeness (QED) is 0.475. The molecule has 0 unspecified atom stereocenters. The smallest absolute Gasteiger partial charge is 0.332 e. The normalized spacial score (nSPS) is 14.0. The maximum Gasteiger partial charge on any atom is 0.332 e. The molecule has 1 heterocycles. The molecule has 32 heavy (non-hydrogen) atoms. The second-order valence-corrected chi connectivity index (χ2v) is 7.87. The number of cyclic esters (lactones) is 1. The molecule has 1 amide bonds. The Hall–Kier alpha value is -3.66. The average molecular weight is 426 g/mol. The molecule has 0 spiro atoms. The number of carbonyl (C=O) groups excluding carboxylic acids is 2. The predicted molar refractivity (Wildman–Crippen MR) is 126 cm³/mol. The van der Waals surface area contributed by atoms with E-state index < -0.39 is 5.97 Å². The molecule has 4 heteroatoms. The van der Waals surface area contributed by atoms with Crippen molar-refractivity contribution in [3.8, 4) is 0 Å². The fourth-order valence-corrected chi connectivity index (χ4v) is 4.19. The van der Waals surface area contributed by atoms with Crippen LogP contribution in [0.25, 0.3) is 5.70 Å². The van der Waals surface area contributed by atoms with E-state index >= 15 is 0 Å². The van der Waals surface area contributed by atoms with Gasteiger partial charge in [-0.3, -0.25) is 4.79 Å². The van der Waals surface area contributed by atoms with Gasteiger partial charge in [0.2, 0.25) is 5.91 Å². The van der Waals surface area contributed by atoms with Gasteiger partial charge in [0.05, 0.1) is 12.2 Å². The molecule has 162 valence electrons. The fraction of sp³-hybridized carbons (Fsp3) is 0.214. The summed E-state index contributed by atoms with van der Waals surface area (Å²) in [4.78, 5) is 26.9. The summed E-state index contributed by atoms with van der Waals surface area (Å²) >= 11 is 0. The largest absolute Gasteiger partial charge is 0.461 e. The molecule has 1 aliphatic rings. The Labute approximate surface area is 189 Å². The zero-order valence-corrected chi connectivity index (χ0v) is 18.0. The zero-order chi connectivity index (χ0) is 22.2. The van der Waals surface area contributed by atoms with E-state index in [9.17, 15) is 9.59 Å². The van der Waals surface area contributed by atoms with Crippen LogP contribution >= 0.6 is 0 Å². The minimum absolute atomic E-state index is 0.0123. The number of ether oxygens (including phenoxy) is 1. The van der Waals surface area contributed by atoms with Crippen molar-refractivity contribution in [3.63, 3.8) is 0 Å². The molecule has 0 saturated heterocycles. The van der Waals surface area contributed by atoms with E-state index in [1.54, 1.807) is 4.90 Å². The lowest BCUT2D eigenvalue weighted by Gasteiger charge is -2.24. The topological polar surface area (TPSA) is 46.6 Å². The Morgan fingerprint density at radius 2 is 1.41 bits per heavy atom. The van der Waals surface area contributed by atoms with Crippen molar-refractivity contribution in [1.82, 2.24) is 4.90 Å². The maximum atomic E-state index is 13.2. The Balaban J connectivity index is 1.48. The molecule has 0 bridgehead atoms. The minimum atomic E-state index is -0.410. The lowest BCUT2D eigenvalue weighted by atomic mass is 9.87. The standard InChI is InChI=1S/C28H27NO3/c30-27(29-19-20-32-28(31)21-26(29)24-15-8-3-9-16-24)18-10-17-25(22-11-4-1-5-12-22)23-13-6-2-7-14-23/h1-9,11-16,21,25H,10,17-20H2. The van der Waals surface area contributed by atoms with Gasteiger partial charge in [-0.25, -0.2) is 4.79 Å². The first kappa shape index (κ1) is 21.6. The van der Waals surface area contributed by atoms with Crippen LogP contribution in [0.2, 0.25) is 0 Å². The van der Waals surface area contributed by atoms with Crippen molar-refractivity contribution in [2.75, 3.05) is 13.2 Å². The second kappa shape index (κ2) is 10.6. The van der Waals surface area contributed by atoms with Crippen molar-refractivity contribution >= 4 is 17.6 Å². The number of benzene rings is 3. The summed E-state index contributed by atoms with van der Waals surface area (Å²) in [5.74, 6) is -0.158. The van der Waals surface area contributed by atoms with Gasteiger partial charge in [-0.2, -0.15) is 0 Å². The van der Waals surface area contributed by atoms with Crippen molar-refractivity contribution in [2.24, 2.45) is 0 Å². The van der Waals surface area contributed by atoms with Gasteiger partial charge in [-0.15, -0.1) is 0 Å². The van der Waals surface area contributed by atoms with E-state index in [2.05, 4.69) is 48.5 Å². The highest BCUT2D eigenvalue weighted by Crippen LogP contribution is 2.30. The van der Waals surface area contributed by atoms with Crippen LogP contribution in [-0.2, 0) is 14.3 Å². The van der Waals surface area contributed by atoms with Crippen LogP contribution in [0.4, 0.5) is 0 Å². The lowest BCUT2D eigenvalue weighted by molar-refractivity contribution is -0.138. The Morgan fingerprint density at radius 1 is 0.844 bits per heavy atom. The molecule has 0 fully saturated rings. The molecule has 0 N–H and O–H groups in total. The fourth-order valence-electron chi connectivity index (χ4n) is 4.19. The van der Waals surface area contributed by atoms with Gasteiger partial charge in [0, 0.05) is 18.4 Å². The SMILES string of the molecule is O=C1C=C(c2ccccc2)N(C(=O)CCCC(c2ccccc2)c2ccccc2)CCO1. The monoisotopic (exact) mass is 425 g/mol. The first-order valence-electron chi connectivity index (χ1n) is 11.1. The van der Waals surface area contributed by atoms with E-state index in [1.807, 2.05) is 42.5 Å². The molecular weight excluding hydrogens is 398 g/mol. The van der Waals surface area contributed by atoms with Crippen LogP contribution < -0.4 is 0 Å². The summed E-state index contributed by atoms with van der Waals surface area (Å²) in [5, 5.41) is 0. The molecule has 0 aliphatic carbocycles. The van der Waals surface area contributed by atoms with Gasteiger partial charge in [0.15, 0.2) is 0 Å². The van der Waals surface area contributed by atoms with Gasteiger partial charge in [-0.1, -0.05) is 91.0 Å². The molecule has 1 aliphatic heterocycles. The summed E-state index contributed by atoms with van der Waals surface area (Å²) in [7, 11) is 0. The number of rotatable bonds is 7. The van der Waals surface area contributed by atoms with Crippen LogP contribution in [0.5, 0.6) is 0 Å². The number of amides is 1. The number of nitrogens with zero attached hydrogens (tertiary/aromatic N) is 1. The maximum absolute atomic E-state index is 13.2. The third-order valence-electron chi connectivity index (χ3n) is 5.76. The predicted octanol–water partition coefficient (Wildman–Crippen LogP) is 5.42. The number of carbonyl (C=O) groups is 2. The second-order valence-electron chi connectivity index (χ2n) is 7.87. The summed E-state index contributed by atoms with van der Waals surface area (Å²) in [6, 6.07) is 30.4. The van der Waals surface area contributed by atoms with Crippen LogP contribution in [0, 0.1) is 0 Å². The Bertz CT molecular complexity index is 1020. The van der Waals surface area contributed by atoms with Crippen LogP contribution in [0.1, 0.15) is 41.9 Å². The van der Waals surface area contributed by atoms with Crippen molar-refractivity contribution in [3.05, 3.63) is 114 Å². The van der Waals surface area contributed by atoms with Gasteiger partial charge in [0.25, 0.3) is 0 Å². The van der Waals surface area contributed by atoms with Crippen LogP contribution in [0.15, 0.2) is 97.1 Å².